The van der Waals surface area contributed by atoms with Gasteiger partial charge in [-0.05, 0) is 51.4 Å². The largest absolute Gasteiger partial charge is 0.381 e. The van der Waals surface area contributed by atoms with Crippen molar-refractivity contribution in [3.8, 4) is 6.07 Å². The molecule has 0 saturated heterocycles. The second-order valence-corrected chi connectivity index (χ2v) is 6.11. The number of hydrogen-bond acceptors (Lipinski definition) is 3. The van der Waals surface area contributed by atoms with E-state index >= 15 is 0 Å². The van der Waals surface area contributed by atoms with Gasteiger partial charge in [0.1, 0.15) is 5.54 Å². The summed E-state index contributed by atoms with van der Waals surface area (Å²) in [6.07, 6.45) is 6.64. The standard InChI is InChI=1S/C15H28N2O/c1-13(2)8-11-18-10-5-4-9-15(3,12-16)17-14-6-7-14/h13-14,17H,4-11H2,1-3H3. The molecular weight excluding hydrogens is 224 g/mol. The van der Waals surface area contributed by atoms with Crippen LogP contribution in [-0.2, 0) is 4.74 Å². The maximum Gasteiger partial charge on any atom is 0.104 e. The second-order valence-electron chi connectivity index (χ2n) is 6.11. The molecule has 1 atom stereocenters. The molecule has 0 aromatic heterocycles. The predicted octanol–water partition coefficient (Wildman–Crippen LogP) is 3.25. The lowest BCUT2D eigenvalue weighted by atomic mass is 9.96. The molecule has 1 unspecified atom stereocenters. The molecule has 3 nitrogen and oxygen atoms in total. The molecule has 0 heterocycles. The number of nitrogens with zero attached hydrogens (tertiary/aromatic N) is 1. The van der Waals surface area contributed by atoms with Crippen molar-refractivity contribution >= 4 is 0 Å². The van der Waals surface area contributed by atoms with Crippen LogP contribution in [0.3, 0.4) is 0 Å². The van der Waals surface area contributed by atoms with Crippen molar-refractivity contribution < 1.29 is 4.74 Å². The lowest BCUT2D eigenvalue weighted by molar-refractivity contribution is 0.118. The van der Waals surface area contributed by atoms with Crippen LogP contribution in [0.4, 0.5) is 0 Å². The van der Waals surface area contributed by atoms with Crippen molar-refractivity contribution in [2.24, 2.45) is 5.92 Å². The smallest absolute Gasteiger partial charge is 0.104 e. The number of rotatable bonds is 10. The zero-order chi connectivity index (χ0) is 13.4. The van der Waals surface area contributed by atoms with E-state index in [-0.39, 0.29) is 5.54 Å². The Kier molecular flexibility index (Phi) is 6.67. The molecule has 0 radical (unpaired) electrons. The van der Waals surface area contributed by atoms with Gasteiger partial charge in [-0.15, -0.1) is 0 Å². The molecule has 0 spiro atoms. The third-order valence-electron chi connectivity index (χ3n) is 3.40. The monoisotopic (exact) mass is 252 g/mol. The van der Waals surface area contributed by atoms with Crippen LogP contribution < -0.4 is 5.32 Å². The number of unbranched alkanes of at least 4 members (excludes halogenated alkanes) is 1. The molecule has 1 aliphatic carbocycles. The van der Waals surface area contributed by atoms with Gasteiger partial charge in [-0.2, -0.15) is 5.26 Å². The summed E-state index contributed by atoms with van der Waals surface area (Å²) in [7, 11) is 0. The summed E-state index contributed by atoms with van der Waals surface area (Å²) in [4.78, 5) is 0. The first-order valence-corrected chi connectivity index (χ1v) is 7.32. The molecule has 0 bridgehead atoms. The van der Waals surface area contributed by atoms with Crippen LogP contribution in [0.2, 0.25) is 0 Å². The van der Waals surface area contributed by atoms with Gasteiger partial charge in [-0.1, -0.05) is 13.8 Å². The van der Waals surface area contributed by atoms with Crippen molar-refractivity contribution in [2.75, 3.05) is 13.2 Å². The van der Waals surface area contributed by atoms with Gasteiger partial charge in [0.15, 0.2) is 0 Å². The SMILES string of the molecule is CC(C)CCOCCCCC(C)(C#N)NC1CC1. The fraction of sp³-hybridized carbons (Fsp3) is 0.933. The molecule has 0 aliphatic heterocycles. The van der Waals surface area contributed by atoms with E-state index in [1.165, 1.54) is 12.8 Å². The highest BCUT2D eigenvalue weighted by Gasteiger charge is 2.31. The minimum atomic E-state index is -0.334. The van der Waals surface area contributed by atoms with Gasteiger partial charge in [0.05, 0.1) is 6.07 Å². The van der Waals surface area contributed by atoms with Crippen LogP contribution in [0.5, 0.6) is 0 Å². The highest BCUT2D eigenvalue weighted by Crippen LogP contribution is 2.24. The van der Waals surface area contributed by atoms with Crippen LogP contribution in [0.15, 0.2) is 0 Å². The van der Waals surface area contributed by atoms with Crippen molar-refractivity contribution in [3.05, 3.63) is 0 Å². The lowest BCUT2D eigenvalue weighted by Gasteiger charge is -2.23. The molecule has 104 valence electrons. The molecule has 3 heteroatoms. The van der Waals surface area contributed by atoms with Gasteiger partial charge in [-0.3, -0.25) is 5.32 Å². The highest BCUT2D eigenvalue weighted by molar-refractivity contribution is 5.06. The van der Waals surface area contributed by atoms with Crippen molar-refractivity contribution in [2.45, 2.75) is 70.9 Å². The van der Waals surface area contributed by atoms with Gasteiger partial charge in [0.25, 0.3) is 0 Å². The zero-order valence-electron chi connectivity index (χ0n) is 12.2. The summed E-state index contributed by atoms with van der Waals surface area (Å²) in [6, 6.07) is 3.01. The maximum atomic E-state index is 9.22. The van der Waals surface area contributed by atoms with E-state index in [1.54, 1.807) is 0 Å². The molecule has 1 fully saturated rings. The topological polar surface area (TPSA) is 45.0 Å². The minimum absolute atomic E-state index is 0.334. The van der Waals surface area contributed by atoms with E-state index in [1.807, 2.05) is 6.92 Å². The molecule has 1 rings (SSSR count). The van der Waals surface area contributed by atoms with Crippen LogP contribution in [0.1, 0.15) is 59.3 Å². The summed E-state index contributed by atoms with van der Waals surface area (Å²) in [5.74, 6) is 0.717. The van der Waals surface area contributed by atoms with Crippen LogP contribution in [0.25, 0.3) is 0 Å². The number of nitriles is 1. The van der Waals surface area contributed by atoms with E-state index in [9.17, 15) is 5.26 Å². The fourth-order valence-corrected chi connectivity index (χ4v) is 1.94. The molecular formula is C15H28N2O. The van der Waals surface area contributed by atoms with Crippen molar-refractivity contribution in [1.82, 2.24) is 5.32 Å². The average molecular weight is 252 g/mol. The van der Waals surface area contributed by atoms with E-state index in [0.29, 0.717) is 6.04 Å². The van der Waals surface area contributed by atoms with Gasteiger partial charge < -0.3 is 4.74 Å². The summed E-state index contributed by atoms with van der Waals surface area (Å²) < 4.78 is 5.58. The zero-order valence-corrected chi connectivity index (χ0v) is 12.2. The predicted molar refractivity (Wildman–Crippen MR) is 74.3 cm³/mol. The third-order valence-corrected chi connectivity index (χ3v) is 3.40. The van der Waals surface area contributed by atoms with Crippen LogP contribution in [-0.4, -0.2) is 24.8 Å². The minimum Gasteiger partial charge on any atom is -0.381 e. The Morgan fingerprint density at radius 3 is 2.61 bits per heavy atom. The highest BCUT2D eigenvalue weighted by atomic mass is 16.5. The van der Waals surface area contributed by atoms with E-state index < -0.39 is 0 Å². The first-order valence-electron chi connectivity index (χ1n) is 7.32. The summed E-state index contributed by atoms with van der Waals surface area (Å²) >= 11 is 0. The molecule has 0 aromatic rings. The Morgan fingerprint density at radius 1 is 1.33 bits per heavy atom. The van der Waals surface area contributed by atoms with E-state index in [4.69, 9.17) is 4.74 Å². The lowest BCUT2D eigenvalue weighted by Crippen LogP contribution is -2.42. The summed E-state index contributed by atoms with van der Waals surface area (Å²) in [6.45, 7) is 8.15. The molecule has 18 heavy (non-hydrogen) atoms. The Morgan fingerprint density at radius 2 is 2.06 bits per heavy atom. The Labute approximate surface area is 112 Å². The van der Waals surface area contributed by atoms with Crippen LogP contribution in [0, 0.1) is 17.2 Å². The molecule has 1 N–H and O–H groups in total. The third kappa shape index (κ3) is 6.98. The van der Waals surface area contributed by atoms with Crippen molar-refractivity contribution in [3.63, 3.8) is 0 Å². The summed E-state index contributed by atoms with van der Waals surface area (Å²) in [5, 5.41) is 12.7. The van der Waals surface area contributed by atoms with Gasteiger partial charge in [-0.25, -0.2) is 0 Å². The fourth-order valence-electron chi connectivity index (χ4n) is 1.94. The van der Waals surface area contributed by atoms with Crippen molar-refractivity contribution in [1.29, 1.82) is 5.26 Å². The summed E-state index contributed by atoms with van der Waals surface area (Å²) in [5.41, 5.74) is -0.334. The molecule has 0 aromatic carbocycles. The second kappa shape index (κ2) is 7.76. The molecule has 0 amide bonds. The van der Waals surface area contributed by atoms with Gasteiger partial charge >= 0.3 is 0 Å². The quantitative estimate of drug-likeness (QED) is 0.607. The van der Waals surface area contributed by atoms with E-state index in [2.05, 4.69) is 25.2 Å². The number of nitrogens with one attached hydrogen (secondary N) is 1. The van der Waals surface area contributed by atoms with Crippen LogP contribution >= 0.6 is 0 Å². The number of hydrogen-bond donors (Lipinski definition) is 1. The van der Waals surface area contributed by atoms with Gasteiger partial charge in [0.2, 0.25) is 0 Å². The molecule has 1 aliphatic rings. The number of ether oxygens (including phenoxy) is 1. The maximum absolute atomic E-state index is 9.22. The normalized spacial score (nSPS) is 18.6. The Bertz CT molecular complexity index is 268. The Balaban J connectivity index is 2.00. The average Bonchev–Trinajstić information content (AvgIpc) is 3.11. The van der Waals surface area contributed by atoms with E-state index in [0.717, 1.165) is 44.8 Å². The molecule has 1 saturated carbocycles. The first-order chi connectivity index (χ1) is 8.56. The Hall–Kier alpha value is -0.590. The first kappa shape index (κ1) is 15.5. The van der Waals surface area contributed by atoms with Gasteiger partial charge in [0, 0.05) is 19.3 Å².